The fourth-order valence-corrected chi connectivity index (χ4v) is 4.88. The van der Waals surface area contributed by atoms with Gasteiger partial charge in [-0.1, -0.05) is 34.9 Å². The lowest BCUT2D eigenvalue weighted by molar-refractivity contribution is -0.285. The van der Waals surface area contributed by atoms with Crippen LogP contribution in [0.1, 0.15) is 78.9 Å². The van der Waals surface area contributed by atoms with Gasteiger partial charge in [-0.15, -0.1) is 0 Å². The molecular weight excluding hydrogens is 584 g/mol. The molecule has 0 unspecified atom stereocenters. The normalized spacial score (nSPS) is 22.7. The molecule has 1 fully saturated rings. The maximum Gasteiger partial charge on any atom is 0.303 e. The van der Waals surface area contributed by atoms with Crippen LogP contribution in [0.25, 0.3) is 0 Å². The van der Waals surface area contributed by atoms with Crippen LogP contribution in [-0.2, 0) is 39.8 Å². The molecule has 1 aliphatic heterocycles. The van der Waals surface area contributed by atoms with E-state index in [1.54, 1.807) is 19.1 Å². The number of aliphatic hydroxyl groups excluding tert-OH is 2. The Kier molecular flexibility index (Phi) is 14.8. The first-order chi connectivity index (χ1) is 21.1. The van der Waals surface area contributed by atoms with E-state index >= 15 is 0 Å². The van der Waals surface area contributed by atoms with Crippen molar-refractivity contribution in [2.75, 3.05) is 6.61 Å². The van der Waals surface area contributed by atoms with Crippen molar-refractivity contribution in [2.45, 2.75) is 118 Å². The summed E-state index contributed by atoms with van der Waals surface area (Å²) in [7, 11) is 0. The highest BCUT2D eigenvalue weighted by Gasteiger charge is 2.51. The van der Waals surface area contributed by atoms with Crippen molar-refractivity contribution in [3.63, 3.8) is 0 Å². The number of esters is 3. The van der Waals surface area contributed by atoms with Crippen LogP contribution in [-0.4, -0.2) is 76.6 Å². The van der Waals surface area contributed by atoms with Gasteiger partial charge < -0.3 is 39.0 Å². The summed E-state index contributed by atoms with van der Waals surface area (Å²) in [5.74, 6) is -1.70. The second-order valence-corrected chi connectivity index (χ2v) is 11.7. The van der Waals surface area contributed by atoms with Crippen LogP contribution in [0.2, 0.25) is 0 Å². The molecule has 0 amide bonds. The Balaban J connectivity index is 2.27. The third-order valence-corrected chi connectivity index (χ3v) is 7.05. The maximum absolute atomic E-state index is 11.9. The number of phenols is 1. The Morgan fingerprint density at radius 2 is 1.58 bits per heavy atom. The van der Waals surface area contributed by atoms with Crippen LogP contribution in [0, 0.1) is 6.92 Å². The van der Waals surface area contributed by atoms with Crippen molar-refractivity contribution in [1.29, 1.82) is 0 Å². The van der Waals surface area contributed by atoms with Crippen molar-refractivity contribution >= 4 is 17.9 Å². The van der Waals surface area contributed by atoms with Crippen LogP contribution in [0.15, 0.2) is 47.1 Å². The number of benzene rings is 1. The predicted molar refractivity (Wildman–Crippen MR) is 166 cm³/mol. The number of carbonyl (C=O) groups excluding carboxylic acids is 3. The van der Waals surface area contributed by atoms with Gasteiger partial charge in [0, 0.05) is 26.3 Å². The first kappa shape index (κ1) is 37.5. The third-order valence-electron chi connectivity index (χ3n) is 7.05. The molecule has 0 saturated carbocycles. The number of hydrogen-bond acceptors (Lipinski definition) is 11. The number of allylic oxidation sites excluding steroid dienone is 4. The number of rotatable bonds is 14. The molecule has 2 rings (SSSR count). The van der Waals surface area contributed by atoms with Gasteiger partial charge in [0.1, 0.15) is 24.2 Å². The number of aryl methyl sites for hydroxylation is 1. The van der Waals surface area contributed by atoms with Gasteiger partial charge >= 0.3 is 17.9 Å². The summed E-state index contributed by atoms with van der Waals surface area (Å²) in [5.41, 5.74) is 4.40. The SMILES string of the molecule is CC(=O)OC[C@H]1O[C@H](Oc2cc(C)c(O)cc2CC=C(C)CCC=C(C)C[C@@H](O)C=C(C)C)[C@@H](O)[C@H](OC(C)=O)[C@@H]1OC(C)=O. The molecule has 1 saturated heterocycles. The number of hydrogen-bond donors (Lipinski definition) is 3. The second-order valence-electron chi connectivity index (χ2n) is 11.7. The molecule has 1 aromatic rings. The van der Waals surface area contributed by atoms with E-state index in [1.807, 2.05) is 39.8 Å². The van der Waals surface area contributed by atoms with E-state index in [1.165, 1.54) is 6.92 Å². The number of carbonyl (C=O) groups is 3. The minimum absolute atomic E-state index is 0.0578. The average molecular weight is 633 g/mol. The van der Waals surface area contributed by atoms with E-state index in [9.17, 15) is 29.7 Å². The van der Waals surface area contributed by atoms with E-state index in [2.05, 4.69) is 6.08 Å². The van der Waals surface area contributed by atoms with Gasteiger partial charge in [-0.2, -0.15) is 0 Å². The number of phenolic OH excluding ortho intramolecular Hbond substituents is 1. The lowest BCUT2D eigenvalue weighted by Crippen LogP contribution is -2.62. The van der Waals surface area contributed by atoms with Gasteiger partial charge in [-0.05, 0) is 78.0 Å². The van der Waals surface area contributed by atoms with Crippen LogP contribution >= 0.6 is 0 Å². The molecule has 0 aliphatic carbocycles. The second kappa shape index (κ2) is 17.7. The van der Waals surface area contributed by atoms with Crippen LogP contribution in [0.5, 0.6) is 11.5 Å². The fourth-order valence-electron chi connectivity index (χ4n) is 4.88. The molecule has 1 aromatic carbocycles. The van der Waals surface area contributed by atoms with Crippen molar-refractivity contribution in [1.82, 2.24) is 0 Å². The molecule has 0 radical (unpaired) electrons. The highest BCUT2D eigenvalue weighted by molar-refractivity contribution is 5.68. The topological polar surface area (TPSA) is 158 Å². The summed E-state index contributed by atoms with van der Waals surface area (Å²) >= 11 is 0. The van der Waals surface area contributed by atoms with E-state index in [0.717, 1.165) is 43.4 Å². The Hall–Kier alpha value is -3.67. The Morgan fingerprint density at radius 1 is 0.933 bits per heavy atom. The van der Waals surface area contributed by atoms with Gasteiger partial charge in [0.05, 0.1) is 6.10 Å². The largest absolute Gasteiger partial charge is 0.508 e. The van der Waals surface area contributed by atoms with Crippen LogP contribution in [0.4, 0.5) is 0 Å². The highest BCUT2D eigenvalue weighted by Crippen LogP contribution is 2.33. The van der Waals surface area contributed by atoms with Gasteiger partial charge in [-0.25, -0.2) is 0 Å². The molecule has 1 aliphatic rings. The average Bonchev–Trinajstić information content (AvgIpc) is 2.91. The Bertz CT molecular complexity index is 1270. The summed E-state index contributed by atoms with van der Waals surface area (Å²) in [6.07, 6.45) is 1.23. The predicted octanol–water partition coefficient (Wildman–Crippen LogP) is 4.52. The first-order valence-corrected chi connectivity index (χ1v) is 15.0. The van der Waals surface area contributed by atoms with Crippen molar-refractivity contribution in [2.24, 2.45) is 0 Å². The summed E-state index contributed by atoms with van der Waals surface area (Å²) in [6.45, 7) is 12.7. The molecule has 0 aromatic heterocycles. The minimum Gasteiger partial charge on any atom is -0.508 e. The lowest BCUT2D eigenvalue weighted by Gasteiger charge is -2.42. The Morgan fingerprint density at radius 3 is 2.18 bits per heavy atom. The van der Waals surface area contributed by atoms with Crippen molar-refractivity contribution in [3.05, 3.63) is 58.2 Å². The van der Waals surface area contributed by atoms with Crippen molar-refractivity contribution in [3.8, 4) is 11.5 Å². The molecule has 45 heavy (non-hydrogen) atoms. The standard InChI is InChI=1S/C34H48O11/c1-19(2)14-27(38)15-21(4)11-9-10-20(3)12-13-26-17-28(39)22(5)16-29(26)44-34-31(40)33(43-25(8)37)32(42-24(7)36)30(45-34)18-41-23(6)35/h11-12,14,16-17,27,30-34,38-40H,9-10,13,15,18H2,1-8H3/t27-,30+,31-,32+,33-,34-/m0/s1. The van der Waals surface area contributed by atoms with Gasteiger partial charge in [0.25, 0.3) is 0 Å². The van der Waals surface area contributed by atoms with E-state index in [-0.39, 0.29) is 12.4 Å². The first-order valence-electron chi connectivity index (χ1n) is 15.0. The molecule has 11 heteroatoms. The molecule has 1 heterocycles. The summed E-state index contributed by atoms with van der Waals surface area (Å²) in [5, 5.41) is 31.8. The van der Waals surface area contributed by atoms with Gasteiger partial charge in [-0.3, -0.25) is 14.4 Å². The number of aromatic hydroxyl groups is 1. The highest BCUT2D eigenvalue weighted by atomic mass is 16.7. The molecule has 0 spiro atoms. The summed E-state index contributed by atoms with van der Waals surface area (Å²) in [6, 6.07) is 3.17. The van der Waals surface area contributed by atoms with E-state index in [0.29, 0.717) is 29.7 Å². The summed E-state index contributed by atoms with van der Waals surface area (Å²) < 4.78 is 27.8. The molecule has 11 nitrogen and oxygen atoms in total. The molecule has 250 valence electrons. The van der Waals surface area contributed by atoms with Gasteiger partial charge in [0.15, 0.2) is 18.3 Å². The van der Waals surface area contributed by atoms with E-state index < -0.39 is 54.7 Å². The van der Waals surface area contributed by atoms with Gasteiger partial charge in [0.2, 0.25) is 6.29 Å². The van der Waals surface area contributed by atoms with Crippen LogP contribution < -0.4 is 4.74 Å². The van der Waals surface area contributed by atoms with Crippen molar-refractivity contribution < 1.29 is 53.4 Å². The molecule has 0 bridgehead atoms. The quantitative estimate of drug-likeness (QED) is 0.150. The zero-order chi connectivity index (χ0) is 33.8. The smallest absolute Gasteiger partial charge is 0.303 e. The monoisotopic (exact) mass is 632 g/mol. The Labute approximate surface area is 265 Å². The zero-order valence-electron chi connectivity index (χ0n) is 27.5. The van der Waals surface area contributed by atoms with Crippen LogP contribution in [0.3, 0.4) is 0 Å². The fraction of sp³-hybridized carbons (Fsp3) is 0.559. The van der Waals surface area contributed by atoms with E-state index in [4.69, 9.17) is 23.7 Å². The number of ether oxygens (including phenoxy) is 5. The lowest BCUT2D eigenvalue weighted by atomic mass is 9.98. The zero-order valence-corrected chi connectivity index (χ0v) is 27.5. The summed E-state index contributed by atoms with van der Waals surface area (Å²) in [4.78, 5) is 35.3. The molecule has 6 atom stereocenters. The molecular formula is C34H48O11. The third kappa shape index (κ3) is 12.7. The minimum atomic E-state index is -1.59. The maximum atomic E-state index is 11.9. The number of aliphatic hydroxyl groups is 2. The molecule has 3 N–H and O–H groups in total.